The molecule has 0 bridgehead atoms. The molecule has 0 radical (unpaired) electrons. The second-order valence-corrected chi connectivity index (χ2v) is 6.65. The highest BCUT2D eigenvalue weighted by molar-refractivity contribution is 9.10. The van der Waals surface area contributed by atoms with Crippen LogP contribution in [0.15, 0.2) is 40.2 Å². The fraction of sp³-hybridized carbons (Fsp3) is 0.267. The number of nitrogens with zero attached hydrogens (tertiary/aromatic N) is 1. The minimum absolute atomic E-state index is 0.0779. The van der Waals surface area contributed by atoms with Crippen molar-refractivity contribution in [2.24, 2.45) is 0 Å². The first-order chi connectivity index (χ1) is 9.54. The number of hydrogen-bond acceptors (Lipinski definition) is 3. The number of hydrogen-bond donors (Lipinski definition) is 1. The van der Waals surface area contributed by atoms with Gasteiger partial charge in [0.05, 0.1) is 6.42 Å². The topological polar surface area (TPSA) is 40.5 Å². The summed E-state index contributed by atoms with van der Waals surface area (Å²) < 4.78 is 1.11. The molecule has 0 atom stereocenters. The molecular weight excluding hydrogens is 338 g/mol. The van der Waals surface area contributed by atoms with Crippen molar-refractivity contribution >= 4 is 33.2 Å². The predicted octanol–water partition coefficient (Wildman–Crippen LogP) is 3.77. The van der Waals surface area contributed by atoms with Gasteiger partial charge in [-0.2, -0.15) is 0 Å². The van der Waals surface area contributed by atoms with Crippen LogP contribution in [0.1, 0.15) is 16.0 Å². The minimum Gasteiger partial charge on any atom is -0.481 e. The standard InChI is InChI=1S/C15H16BrNO2S/c1-17(9-14-7-13(16)10-20-14)8-12-5-3-2-4-11(12)6-15(18)19/h2-5,7,10H,6,8-9H2,1H3,(H,18,19). The van der Waals surface area contributed by atoms with Gasteiger partial charge in [0.1, 0.15) is 0 Å². The van der Waals surface area contributed by atoms with Gasteiger partial charge in [0.15, 0.2) is 0 Å². The van der Waals surface area contributed by atoms with E-state index in [-0.39, 0.29) is 6.42 Å². The Bertz CT molecular complexity index is 597. The van der Waals surface area contributed by atoms with E-state index in [1.54, 1.807) is 11.3 Å². The summed E-state index contributed by atoms with van der Waals surface area (Å²) in [6.45, 7) is 1.61. The van der Waals surface area contributed by atoms with Crippen LogP contribution < -0.4 is 0 Å². The smallest absolute Gasteiger partial charge is 0.307 e. The Kier molecular flexibility index (Phi) is 5.34. The minimum atomic E-state index is -0.790. The highest BCUT2D eigenvalue weighted by atomic mass is 79.9. The molecule has 0 spiro atoms. The molecule has 0 aliphatic heterocycles. The van der Waals surface area contributed by atoms with Crippen LogP contribution in [-0.2, 0) is 24.3 Å². The number of thiophene rings is 1. The van der Waals surface area contributed by atoms with Crippen molar-refractivity contribution in [2.75, 3.05) is 7.05 Å². The lowest BCUT2D eigenvalue weighted by Gasteiger charge is -2.17. The molecular formula is C15H16BrNO2S. The van der Waals surface area contributed by atoms with E-state index in [0.29, 0.717) is 0 Å². The molecule has 2 aromatic rings. The molecule has 0 aliphatic rings. The molecule has 1 aromatic heterocycles. The Morgan fingerprint density at radius 1 is 1.30 bits per heavy atom. The summed E-state index contributed by atoms with van der Waals surface area (Å²) >= 11 is 5.17. The molecule has 0 aliphatic carbocycles. The maximum absolute atomic E-state index is 10.9. The van der Waals surface area contributed by atoms with Gasteiger partial charge in [-0.05, 0) is 40.2 Å². The van der Waals surface area contributed by atoms with E-state index in [4.69, 9.17) is 5.11 Å². The van der Waals surface area contributed by atoms with E-state index in [0.717, 1.165) is 28.7 Å². The summed E-state index contributed by atoms with van der Waals surface area (Å²) in [5.74, 6) is -0.790. The van der Waals surface area contributed by atoms with Crippen molar-refractivity contribution in [2.45, 2.75) is 19.5 Å². The summed E-state index contributed by atoms with van der Waals surface area (Å²) in [4.78, 5) is 14.4. The van der Waals surface area contributed by atoms with Gasteiger partial charge in [-0.1, -0.05) is 24.3 Å². The summed E-state index contributed by atoms with van der Waals surface area (Å²) in [7, 11) is 2.05. The molecule has 5 heteroatoms. The second-order valence-electron chi connectivity index (χ2n) is 4.74. The monoisotopic (exact) mass is 353 g/mol. The molecule has 3 nitrogen and oxygen atoms in total. The van der Waals surface area contributed by atoms with E-state index in [1.165, 1.54) is 4.88 Å². The summed E-state index contributed by atoms with van der Waals surface area (Å²) in [5, 5.41) is 11.0. The van der Waals surface area contributed by atoms with Crippen LogP contribution in [0.25, 0.3) is 0 Å². The number of carbonyl (C=O) groups is 1. The molecule has 0 saturated carbocycles. The van der Waals surface area contributed by atoms with Crippen molar-refractivity contribution in [3.05, 3.63) is 56.2 Å². The highest BCUT2D eigenvalue weighted by Gasteiger charge is 2.09. The van der Waals surface area contributed by atoms with Crippen LogP contribution in [0, 0.1) is 0 Å². The number of halogens is 1. The largest absolute Gasteiger partial charge is 0.481 e. The highest BCUT2D eigenvalue weighted by Crippen LogP contribution is 2.21. The van der Waals surface area contributed by atoms with Gasteiger partial charge < -0.3 is 5.11 Å². The van der Waals surface area contributed by atoms with Gasteiger partial charge >= 0.3 is 5.97 Å². The van der Waals surface area contributed by atoms with Crippen molar-refractivity contribution in [3.63, 3.8) is 0 Å². The molecule has 0 amide bonds. The van der Waals surface area contributed by atoms with E-state index < -0.39 is 5.97 Å². The first kappa shape index (κ1) is 15.2. The number of rotatable bonds is 6. The average molecular weight is 354 g/mol. The van der Waals surface area contributed by atoms with Crippen LogP contribution in [-0.4, -0.2) is 23.0 Å². The van der Waals surface area contributed by atoms with Gasteiger partial charge in [-0.3, -0.25) is 9.69 Å². The molecule has 1 N–H and O–H groups in total. The Balaban J connectivity index is 2.03. The molecule has 2 rings (SSSR count). The summed E-state index contributed by atoms with van der Waals surface area (Å²) in [6, 6.07) is 9.84. The number of carboxylic acids is 1. The van der Waals surface area contributed by atoms with Crippen molar-refractivity contribution in [1.29, 1.82) is 0 Å². The van der Waals surface area contributed by atoms with Gasteiger partial charge in [0, 0.05) is 27.8 Å². The van der Waals surface area contributed by atoms with Crippen LogP contribution in [0.5, 0.6) is 0 Å². The quantitative estimate of drug-likeness (QED) is 0.859. The Morgan fingerprint density at radius 3 is 2.60 bits per heavy atom. The lowest BCUT2D eigenvalue weighted by atomic mass is 10.0. The molecule has 1 aromatic carbocycles. The van der Waals surface area contributed by atoms with Gasteiger partial charge in [-0.25, -0.2) is 0 Å². The first-order valence-electron chi connectivity index (χ1n) is 6.24. The fourth-order valence-corrected chi connectivity index (χ4v) is 3.63. The lowest BCUT2D eigenvalue weighted by molar-refractivity contribution is -0.136. The van der Waals surface area contributed by atoms with Crippen molar-refractivity contribution in [3.8, 4) is 0 Å². The zero-order valence-electron chi connectivity index (χ0n) is 11.2. The Hall–Kier alpha value is -1.17. The number of benzene rings is 1. The van der Waals surface area contributed by atoms with Crippen LogP contribution >= 0.6 is 27.3 Å². The summed E-state index contributed by atoms with van der Waals surface area (Å²) in [5.41, 5.74) is 1.97. The normalized spacial score (nSPS) is 10.9. The van der Waals surface area contributed by atoms with Crippen molar-refractivity contribution < 1.29 is 9.90 Å². The third kappa shape index (κ3) is 4.44. The van der Waals surface area contributed by atoms with Crippen LogP contribution in [0.4, 0.5) is 0 Å². The SMILES string of the molecule is CN(Cc1cc(Br)cs1)Cc1ccccc1CC(=O)O. The van der Waals surface area contributed by atoms with E-state index in [2.05, 4.69) is 32.3 Å². The fourth-order valence-electron chi connectivity index (χ4n) is 2.10. The third-order valence-electron chi connectivity index (χ3n) is 2.95. The summed E-state index contributed by atoms with van der Waals surface area (Å²) in [6.07, 6.45) is 0.0779. The zero-order valence-corrected chi connectivity index (χ0v) is 13.6. The molecule has 0 fully saturated rings. The van der Waals surface area contributed by atoms with E-state index in [1.807, 2.05) is 31.3 Å². The predicted molar refractivity (Wildman–Crippen MR) is 85.0 cm³/mol. The molecule has 0 saturated heterocycles. The molecule has 0 unspecified atom stereocenters. The average Bonchev–Trinajstić information content (AvgIpc) is 2.76. The molecule has 20 heavy (non-hydrogen) atoms. The van der Waals surface area contributed by atoms with E-state index in [9.17, 15) is 4.79 Å². The van der Waals surface area contributed by atoms with E-state index >= 15 is 0 Å². The number of aliphatic carboxylic acids is 1. The van der Waals surface area contributed by atoms with Crippen LogP contribution in [0.3, 0.4) is 0 Å². The van der Waals surface area contributed by atoms with Crippen molar-refractivity contribution in [1.82, 2.24) is 4.90 Å². The number of carboxylic acid groups (broad SMARTS) is 1. The van der Waals surface area contributed by atoms with Crippen LogP contribution in [0.2, 0.25) is 0 Å². The zero-order chi connectivity index (χ0) is 14.5. The maximum Gasteiger partial charge on any atom is 0.307 e. The maximum atomic E-state index is 10.9. The third-order valence-corrected chi connectivity index (χ3v) is 4.63. The Morgan fingerprint density at radius 2 is 2.00 bits per heavy atom. The van der Waals surface area contributed by atoms with Gasteiger partial charge in [0.2, 0.25) is 0 Å². The Labute approximate surface area is 131 Å². The molecule has 1 heterocycles. The first-order valence-corrected chi connectivity index (χ1v) is 7.92. The van der Waals surface area contributed by atoms with Gasteiger partial charge in [0.25, 0.3) is 0 Å². The van der Waals surface area contributed by atoms with Gasteiger partial charge in [-0.15, -0.1) is 11.3 Å². The lowest BCUT2D eigenvalue weighted by Crippen LogP contribution is -2.18. The molecule has 106 valence electrons. The second kappa shape index (κ2) is 7.02.